The average Bonchev–Trinajstić information content (AvgIpc) is 3.33. The highest BCUT2D eigenvalue weighted by Gasteiger charge is 2.31. The van der Waals surface area contributed by atoms with Crippen LogP contribution in [0.2, 0.25) is 0 Å². The second-order valence-electron chi connectivity index (χ2n) is 8.11. The molecule has 0 saturated carbocycles. The minimum absolute atomic E-state index is 0.0216. The molecule has 2 N–H and O–H groups in total. The first-order valence-electron chi connectivity index (χ1n) is 11.2. The Kier molecular flexibility index (Phi) is 11.5. The van der Waals surface area contributed by atoms with Gasteiger partial charge in [-0.3, -0.25) is 14.4 Å². The van der Waals surface area contributed by atoms with Crippen molar-refractivity contribution in [1.29, 1.82) is 0 Å². The highest BCUT2D eigenvalue weighted by molar-refractivity contribution is 7.13. The molecule has 1 aromatic heterocycles. The van der Waals surface area contributed by atoms with Gasteiger partial charge in [0.2, 0.25) is 17.7 Å². The smallest absolute Gasteiger partial charge is 0.247 e. The molecule has 1 atom stereocenters. The number of hydrogen-bond acceptors (Lipinski definition) is 7. The van der Waals surface area contributed by atoms with Crippen molar-refractivity contribution in [3.05, 3.63) is 41.4 Å². The van der Waals surface area contributed by atoms with E-state index in [4.69, 9.17) is 9.47 Å². The maximum Gasteiger partial charge on any atom is 0.247 e. The summed E-state index contributed by atoms with van der Waals surface area (Å²) in [5, 5.41) is 7.87. The summed E-state index contributed by atoms with van der Waals surface area (Å²) in [4.78, 5) is 44.3. The number of nitrogens with one attached hydrogen (secondary N) is 2. The minimum Gasteiger partial charge on any atom is -0.497 e. The first-order chi connectivity index (χ1) is 16.3. The molecule has 1 aromatic carbocycles. The zero-order valence-electron chi connectivity index (χ0n) is 20.2. The lowest BCUT2D eigenvalue weighted by Crippen LogP contribution is -2.45. The van der Waals surface area contributed by atoms with Gasteiger partial charge in [0.25, 0.3) is 0 Å². The quantitative estimate of drug-likeness (QED) is 0.421. The van der Waals surface area contributed by atoms with Gasteiger partial charge in [-0.15, -0.1) is 11.3 Å². The fourth-order valence-corrected chi connectivity index (χ4v) is 3.80. The van der Waals surface area contributed by atoms with Crippen molar-refractivity contribution in [1.82, 2.24) is 15.2 Å². The number of ether oxygens (including phenoxy) is 2. The monoisotopic (exact) mass is 490 g/mol. The topological polar surface area (TPSA) is 110 Å². The minimum atomic E-state index is -0.859. The molecule has 1 heterocycles. The summed E-state index contributed by atoms with van der Waals surface area (Å²) in [7, 11) is 3.10. The van der Waals surface area contributed by atoms with Crippen molar-refractivity contribution in [2.75, 3.05) is 39.2 Å². The Labute approximate surface area is 204 Å². The molecular formula is C24H34N4O5S. The van der Waals surface area contributed by atoms with Crippen LogP contribution in [-0.2, 0) is 19.1 Å². The maximum absolute atomic E-state index is 13.3. The van der Waals surface area contributed by atoms with Crippen molar-refractivity contribution in [2.24, 2.45) is 5.92 Å². The highest BCUT2D eigenvalue weighted by Crippen LogP contribution is 2.25. The molecule has 0 bridgehead atoms. The number of carbonyl (C=O) groups is 3. The van der Waals surface area contributed by atoms with Gasteiger partial charge < -0.3 is 25.0 Å². The summed E-state index contributed by atoms with van der Waals surface area (Å²) >= 11 is 1.30. The third-order valence-corrected chi connectivity index (χ3v) is 5.80. The number of thiazole rings is 1. The number of aromatic nitrogens is 1. The van der Waals surface area contributed by atoms with Crippen molar-refractivity contribution in [2.45, 2.75) is 39.2 Å². The molecular weight excluding hydrogens is 456 g/mol. The fourth-order valence-electron chi connectivity index (χ4n) is 3.26. The number of hydrogen-bond donors (Lipinski definition) is 2. The Morgan fingerprint density at radius 1 is 1.12 bits per heavy atom. The Morgan fingerprint density at radius 3 is 2.44 bits per heavy atom. The van der Waals surface area contributed by atoms with Crippen molar-refractivity contribution >= 4 is 34.2 Å². The standard InChI is InChI=1S/C24H34N4O5S/c1-17(2)11-12-25-23(31)22(18-5-7-19(33-4)8-6-18)28(14-15-32-3)21(30)10-9-20(29)27-24-26-13-16-34-24/h5-8,13,16-17,22H,9-12,14-15H2,1-4H3,(H,25,31)(H,26,27,29)/t22-/m0/s1. The van der Waals surface area contributed by atoms with Crippen LogP contribution in [0.1, 0.15) is 44.7 Å². The molecule has 3 amide bonds. The Morgan fingerprint density at radius 2 is 1.85 bits per heavy atom. The third kappa shape index (κ3) is 8.75. The Bertz CT molecular complexity index is 903. The van der Waals surface area contributed by atoms with Gasteiger partial charge in [0.15, 0.2) is 5.13 Å². The SMILES string of the molecule is COCCN(C(=O)CCC(=O)Nc1nccs1)[C@H](C(=O)NCCC(C)C)c1ccc(OC)cc1. The molecule has 0 spiro atoms. The molecule has 0 aliphatic rings. The van der Waals surface area contributed by atoms with Crippen LogP contribution in [0.3, 0.4) is 0 Å². The normalized spacial score (nSPS) is 11.7. The van der Waals surface area contributed by atoms with E-state index in [0.29, 0.717) is 28.9 Å². The van der Waals surface area contributed by atoms with E-state index in [1.807, 2.05) is 0 Å². The molecule has 186 valence electrons. The lowest BCUT2D eigenvalue weighted by Gasteiger charge is -2.31. The molecule has 34 heavy (non-hydrogen) atoms. The molecule has 0 saturated heterocycles. The van der Waals surface area contributed by atoms with E-state index in [-0.39, 0.29) is 43.7 Å². The van der Waals surface area contributed by atoms with Crippen LogP contribution in [0, 0.1) is 5.92 Å². The van der Waals surface area contributed by atoms with E-state index in [1.165, 1.54) is 23.3 Å². The highest BCUT2D eigenvalue weighted by atomic mass is 32.1. The summed E-state index contributed by atoms with van der Waals surface area (Å²) < 4.78 is 10.4. The van der Waals surface area contributed by atoms with E-state index < -0.39 is 6.04 Å². The van der Waals surface area contributed by atoms with Gasteiger partial charge in [-0.2, -0.15) is 0 Å². The van der Waals surface area contributed by atoms with Crippen LogP contribution >= 0.6 is 11.3 Å². The average molecular weight is 491 g/mol. The summed E-state index contributed by atoms with van der Waals surface area (Å²) in [6.07, 6.45) is 2.35. The maximum atomic E-state index is 13.3. The van der Waals surface area contributed by atoms with Crippen molar-refractivity contribution in [3.63, 3.8) is 0 Å². The van der Waals surface area contributed by atoms with Gasteiger partial charge >= 0.3 is 0 Å². The Hall–Kier alpha value is -2.98. The van der Waals surface area contributed by atoms with Gasteiger partial charge in [0.05, 0.1) is 13.7 Å². The van der Waals surface area contributed by atoms with E-state index in [2.05, 4.69) is 29.5 Å². The second-order valence-corrected chi connectivity index (χ2v) is 9.01. The van der Waals surface area contributed by atoms with E-state index in [1.54, 1.807) is 43.0 Å². The van der Waals surface area contributed by atoms with Crippen LogP contribution in [0.15, 0.2) is 35.8 Å². The van der Waals surface area contributed by atoms with Crippen molar-refractivity contribution < 1.29 is 23.9 Å². The van der Waals surface area contributed by atoms with Crippen LogP contribution in [0.25, 0.3) is 0 Å². The Balaban J connectivity index is 2.20. The van der Waals surface area contributed by atoms with E-state index in [0.717, 1.165) is 6.42 Å². The number of methoxy groups -OCH3 is 2. The summed E-state index contributed by atoms with van der Waals surface area (Å²) in [6, 6.07) is 6.19. The second kappa shape index (κ2) is 14.3. The fraction of sp³-hybridized carbons (Fsp3) is 0.500. The number of rotatable bonds is 14. The van der Waals surface area contributed by atoms with Gasteiger partial charge in [-0.25, -0.2) is 4.98 Å². The summed E-state index contributed by atoms with van der Waals surface area (Å²) in [5.74, 6) is 0.185. The molecule has 2 aromatic rings. The summed E-state index contributed by atoms with van der Waals surface area (Å²) in [6.45, 7) is 5.13. The molecule has 0 radical (unpaired) electrons. The van der Waals surface area contributed by atoms with Crippen LogP contribution < -0.4 is 15.4 Å². The number of carbonyl (C=O) groups excluding carboxylic acids is 3. The van der Waals surface area contributed by atoms with Gasteiger partial charge in [-0.05, 0) is 30.0 Å². The summed E-state index contributed by atoms with van der Waals surface area (Å²) in [5.41, 5.74) is 0.652. The molecule has 0 unspecified atom stereocenters. The molecule has 0 aliphatic heterocycles. The van der Waals surface area contributed by atoms with Crippen LogP contribution in [0.5, 0.6) is 5.75 Å². The predicted octanol–water partition coefficient (Wildman–Crippen LogP) is 3.25. The van der Waals surface area contributed by atoms with Crippen molar-refractivity contribution in [3.8, 4) is 5.75 Å². The molecule has 10 heteroatoms. The van der Waals surface area contributed by atoms with Gasteiger partial charge in [0, 0.05) is 44.6 Å². The van der Waals surface area contributed by atoms with Gasteiger partial charge in [0.1, 0.15) is 11.8 Å². The zero-order chi connectivity index (χ0) is 24.9. The third-order valence-electron chi connectivity index (χ3n) is 5.11. The molecule has 0 fully saturated rings. The number of anilines is 1. The lowest BCUT2D eigenvalue weighted by molar-refractivity contribution is -0.142. The number of amides is 3. The van der Waals surface area contributed by atoms with Gasteiger partial charge in [-0.1, -0.05) is 26.0 Å². The molecule has 0 aliphatic carbocycles. The largest absolute Gasteiger partial charge is 0.497 e. The first kappa shape index (κ1) is 27.3. The van der Waals surface area contributed by atoms with Crippen LogP contribution in [0.4, 0.5) is 5.13 Å². The number of nitrogens with zero attached hydrogens (tertiary/aromatic N) is 2. The molecule has 9 nitrogen and oxygen atoms in total. The number of benzene rings is 1. The first-order valence-corrected chi connectivity index (χ1v) is 12.1. The van der Waals surface area contributed by atoms with E-state index >= 15 is 0 Å². The molecule has 2 rings (SSSR count). The lowest BCUT2D eigenvalue weighted by atomic mass is 10.0. The van der Waals surface area contributed by atoms with E-state index in [9.17, 15) is 14.4 Å². The van der Waals surface area contributed by atoms with Crippen LogP contribution in [-0.4, -0.2) is 61.5 Å². The zero-order valence-corrected chi connectivity index (χ0v) is 21.0. The predicted molar refractivity (Wildman–Crippen MR) is 132 cm³/mol.